The van der Waals surface area contributed by atoms with Crippen LogP contribution in [0.4, 0.5) is 23.2 Å². The van der Waals surface area contributed by atoms with Gasteiger partial charge in [0.05, 0.1) is 4.92 Å². The van der Waals surface area contributed by atoms with E-state index in [2.05, 4.69) is 0 Å². The molecule has 82 valence electrons. The lowest BCUT2D eigenvalue weighted by Gasteiger charge is -2.11. The molecule has 1 rings (SSSR count). The van der Waals surface area contributed by atoms with Crippen LogP contribution in [0.15, 0.2) is 24.3 Å². The predicted molar refractivity (Wildman–Crippen MR) is 43.0 cm³/mol. The third kappa shape index (κ3) is 2.64. The number of hydrogen-bond donors (Lipinski definition) is 0. The Morgan fingerprint density at radius 1 is 1.20 bits per heavy atom. The van der Waals surface area contributed by atoms with Crippen LogP contribution in [0.3, 0.4) is 0 Å². The number of rotatable bonds is 2. The second kappa shape index (κ2) is 3.84. The number of non-ortho nitro benzene ring substituents is 1. The van der Waals surface area contributed by atoms with Crippen molar-refractivity contribution >= 4 is 5.69 Å². The maximum absolute atomic E-state index is 12.7. The molecule has 0 heterocycles. The van der Waals surface area contributed by atoms with Crippen molar-refractivity contribution in [3.8, 4) is 0 Å². The Balaban J connectivity index is 2.94. The maximum atomic E-state index is 12.7. The summed E-state index contributed by atoms with van der Waals surface area (Å²) in [7, 11) is 0. The predicted octanol–water partition coefficient (Wildman–Crippen LogP) is 3.17. The van der Waals surface area contributed by atoms with Crippen molar-refractivity contribution in [2.75, 3.05) is 0 Å². The van der Waals surface area contributed by atoms with Crippen LogP contribution in [-0.4, -0.2) is 11.1 Å². The van der Waals surface area contributed by atoms with Crippen molar-refractivity contribution in [2.24, 2.45) is 0 Å². The number of benzene rings is 1. The van der Waals surface area contributed by atoms with E-state index in [0.29, 0.717) is 0 Å². The molecule has 15 heavy (non-hydrogen) atoms. The van der Waals surface area contributed by atoms with Gasteiger partial charge in [0, 0.05) is 12.1 Å². The summed E-state index contributed by atoms with van der Waals surface area (Å²) in [5, 5.41) is 10.2. The van der Waals surface area contributed by atoms with E-state index in [1.165, 1.54) is 0 Å². The number of hydrogen-bond acceptors (Lipinski definition) is 2. The summed E-state index contributed by atoms with van der Waals surface area (Å²) < 4.78 is 48.3. The molecule has 3 nitrogen and oxygen atoms in total. The SMILES string of the molecule is O=[N+]([O-])c1ccc(C(F)C(F)(F)F)cc1. The monoisotopic (exact) mass is 223 g/mol. The zero-order valence-electron chi connectivity index (χ0n) is 7.16. The topological polar surface area (TPSA) is 43.1 Å². The first-order valence-electron chi connectivity index (χ1n) is 3.77. The van der Waals surface area contributed by atoms with Gasteiger partial charge in [0.15, 0.2) is 0 Å². The number of alkyl halides is 4. The maximum Gasteiger partial charge on any atom is 0.423 e. The Morgan fingerprint density at radius 2 is 1.67 bits per heavy atom. The van der Waals surface area contributed by atoms with Crippen LogP contribution in [-0.2, 0) is 0 Å². The summed E-state index contributed by atoms with van der Waals surface area (Å²) in [4.78, 5) is 9.40. The van der Waals surface area contributed by atoms with Crippen molar-refractivity contribution in [3.05, 3.63) is 39.9 Å². The lowest BCUT2D eigenvalue weighted by molar-refractivity contribution is -0.384. The third-order valence-corrected chi connectivity index (χ3v) is 1.68. The standard InChI is InChI=1S/C8H5F4NO2/c9-7(8(10,11)12)5-1-3-6(4-2-5)13(14)15/h1-4,7H. The van der Waals surface area contributed by atoms with E-state index < -0.39 is 22.8 Å². The Labute approximate surface area is 81.5 Å². The highest BCUT2D eigenvalue weighted by atomic mass is 19.4. The number of nitro groups is 1. The molecule has 0 radical (unpaired) electrons. The summed E-state index contributed by atoms with van der Waals surface area (Å²) >= 11 is 0. The molecule has 1 unspecified atom stereocenters. The summed E-state index contributed by atoms with van der Waals surface area (Å²) in [5.74, 6) is 0. The van der Waals surface area contributed by atoms with Gasteiger partial charge in [0.2, 0.25) is 6.17 Å². The highest BCUT2D eigenvalue weighted by Gasteiger charge is 2.41. The van der Waals surface area contributed by atoms with E-state index in [9.17, 15) is 27.7 Å². The van der Waals surface area contributed by atoms with Crippen molar-refractivity contribution in [3.63, 3.8) is 0 Å². The quantitative estimate of drug-likeness (QED) is 0.439. The molecule has 7 heteroatoms. The average molecular weight is 223 g/mol. The Bertz CT molecular complexity index is 360. The zero-order chi connectivity index (χ0) is 11.6. The van der Waals surface area contributed by atoms with Gasteiger partial charge in [-0.25, -0.2) is 4.39 Å². The first-order valence-corrected chi connectivity index (χ1v) is 3.77. The van der Waals surface area contributed by atoms with Gasteiger partial charge in [0.25, 0.3) is 5.69 Å². The summed E-state index contributed by atoms with van der Waals surface area (Å²) in [6.45, 7) is 0. The van der Waals surface area contributed by atoms with Gasteiger partial charge in [-0.3, -0.25) is 10.1 Å². The molecule has 0 fully saturated rings. The summed E-state index contributed by atoms with van der Waals surface area (Å²) in [6.07, 6.45) is -8.10. The highest BCUT2D eigenvalue weighted by Crippen LogP contribution is 2.36. The average Bonchev–Trinajstić information content (AvgIpc) is 2.15. The summed E-state index contributed by atoms with van der Waals surface area (Å²) in [6, 6.07) is 3.15. The molecule has 1 atom stereocenters. The molecule has 0 aliphatic carbocycles. The molecule has 0 amide bonds. The first-order chi connectivity index (χ1) is 6.82. The second-order valence-corrected chi connectivity index (χ2v) is 2.75. The van der Waals surface area contributed by atoms with Crippen molar-refractivity contribution in [1.29, 1.82) is 0 Å². The van der Waals surface area contributed by atoms with Gasteiger partial charge in [0.1, 0.15) is 0 Å². The molecule has 1 aromatic rings. The molecular formula is C8H5F4NO2. The molecular weight excluding hydrogens is 218 g/mol. The third-order valence-electron chi connectivity index (χ3n) is 1.68. The Hall–Kier alpha value is -1.66. The zero-order valence-corrected chi connectivity index (χ0v) is 7.16. The normalized spacial score (nSPS) is 13.6. The van der Waals surface area contributed by atoms with E-state index in [4.69, 9.17) is 0 Å². The largest absolute Gasteiger partial charge is 0.423 e. The molecule has 0 saturated heterocycles. The van der Waals surface area contributed by atoms with Crippen molar-refractivity contribution in [1.82, 2.24) is 0 Å². The molecule has 0 N–H and O–H groups in total. The van der Waals surface area contributed by atoms with E-state index in [1.54, 1.807) is 0 Å². The highest BCUT2D eigenvalue weighted by molar-refractivity contribution is 5.34. The Morgan fingerprint density at radius 3 is 2.00 bits per heavy atom. The smallest absolute Gasteiger partial charge is 0.258 e. The van der Waals surface area contributed by atoms with Gasteiger partial charge < -0.3 is 0 Å². The van der Waals surface area contributed by atoms with Gasteiger partial charge in [-0.05, 0) is 17.7 Å². The van der Waals surface area contributed by atoms with Crippen LogP contribution >= 0.6 is 0 Å². The van der Waals surface area contributed by atoms with E-state index >= 15 is 0 Å². The van der Waals surface area contributed by atoms with E-state index in [0.717, 1.165) is 24.3 Å². The molecule has 1 aromatic carbocycles. The molecule has 0 aromatic heterocycles. The Kier molecular flexibility index (Phi) is 2.92. The van der Waals surface area contributed by atoms with Crippen molar-refractivity contribution < 1.29 is 22.5 Å². The second-order valence-electron chi connectivity index (χ2n) is 2.75. The van der Waals surface area contributed by atoms with Crippen molar-refractivity contribution in [2.45, 2.75) is 12.3 Å². The van der Waals surface area contributed by atoms with E-state index in [1.807, 2.05) is 0 Å². The molecule has 0 aliphatic rings. The van der Waals surface area contributed by atoms with Crippen LogP contribution in [0.1, 0.15) is 11.7 Å². The van der Waals surface area contributed by atoms with Gasteiger partial charge >= 0.3 is 6.18 Å². The van der Waals surface area contributed by atoms with Crippen LogP contribution in [0, 0.1) is 10.1 Å². The molecule has 0 spiro atoms. The van der Waals surface area contributed by atoms with Gasteiger partial charge in [-0.1, -0.05) is 0 Å². The van der Waals surface area contributed by atoms with Crippen LogP contribution in [0.2, 0.25) is 0 Å². The van der Waals surface area contributed by atoms with Crippen LogP contribution in [0.5, 0.6) is 0 Å². The fraction of sp³-hybridized carbons (Fsp3) is 0.250. The van der Waals surface area contributed by atoms with E-state index in [-0.39, 0.29) is 5.69 Å². The summed E-state index contributed by atoms with van der Waals surface area (Å²) in [5.41, 5.74) is -1.03. The minimum Gasteiger partial charge on any atom is -0.258 e. The van der Waals surface area contributed by atoms with Gasteiger partial charge in [-0.2, -0.15) is 13.2 Å². The minimum atomic E-state index is -4.99. The lowest BCUT2D eigenvalue weighted by Crippen LogP contribution is -2.16. The lowest BCUT2D eigenvalue weighted by atomic mass is 10.1. The fourth-order valence-electron chi connectivity index (χ4n) is 0.954. The number of nitrogens with zero attached hydrogens (tertiary/aromatic N) is 1. The molecule has 0 aliphatic heterocycles. The minimum absolute atomic E-state index is 0.381. The number of nitro benzene ring substituents is 1. The first kappa shape index (κ1) is 11.4. The number of halogens is 4. The fourth-order valence-corrected chi connectivity index (χ4v) is 0.954. The van der Waals surface area contributed by atoms with Crippen LogP contribution in [0.25, 0.3) is 0 Å². The van der Waals surface area contributed by atoms with Gasteiger partial charge in [-0.15, -0.1) is 0 Å². The molecule has 0 bridgehead atoms. The molecule has 0 saturated carbocycles. The van der Waals surface area contributed by atoms with Crippen LogP contribution < -0.4 is 0 Å².